The average molecular weight is 290 g/mol. The summed E-state index contributed by atoms with van der Waals surface area (Å²) in [5, 5.41) is 17.9. The quantitative estimate of drug-likeness (QED) is 0.485. The van der Waals surface area contributed by atoms with Crippen LogP contribution >= 0.6 is 0 Å². The molecule has 1 aromatic carbocycles. The van der Waals surface area contributed by atoms with E-state index < -0.39 is 23.3 Å². The SMILES string of the molecule is O=C(C=C1CC(C(=O)O)(C(=O)O)C1)OCc1ccccc1. The number of carboxylic acids is 2. The number of hydrogen-bond donors (Lipinski definition) is 2. The molecule has 0 unspecified atom stereocenters. The highest BCUT2D eigenvalue weighted by Gasteiger charge is 2.54. The molecule has 21 heavy (non-hydrogen) atoms. The molecule has 2 N–H and O–H groups in total. The van der Waals surface area contributed by atoms with E-state index in [1.54, 1.807) is 0 Å². The second-order valence-corrected chi connectivity index (χ2v) is 4.94. The fourth-order valence-corrected chi connectivity index (χ4v) is 2.16. The van der Waals surface area contributed by atoms with Crippen LogP contribution in [-0.4, -0.2) is 28.1 Å². The van der Waals surface area contributed by atoms with Crippen molar-refractivity contribution >= 4 is 17.9 Å². The van der Waals surface area contributed by atoms with Crippen LogP contribution in [0.2, 0.25) is 0 Å². The third-order valence-electron chi connectivity index (χ3n) is 3.42. The Labute approximate surface area is 120 Å². The maximum absolute atomic E-state index is 11.6. The average Bonchev–Trinajstić information content (AvgIpc) is 2.40. The smallest absolute Gasteiger partial charge is 0.331 e. The Morgan fingerprint density at radius 1 is 1.10 bits per heavy atom. The van der Waals surface area contributed by atoms with Gasteiger partial charge in [0.05, 0.1) is 0 Å². The fraction of sp³-hybridized carbons (Fsp3) is 0.267. The summed E-state index contributed by atoms with van der Waals surface area (Å²) in [4.78, 5) is 33.5. The molecule has 0 aliphatic heterocycles. The van der Waals surface area contributed by atoms with E-state index in [0.717, 1.165) is 5.56 Å². The maximum atomic E-state index is 11.6. The zero-order chi connectivity index (χ0) is 15.5. The van der Waals surface area contributed by atoms with Crippen molar-refractivity contribution in [3.63, 3.8) is 0 Å². The van der Waals surface area contributed by atoms with Crippen molar-refractivity contribution in [3.05, 3.63) is 47.5 Å². The highest BCUT2D eigenvalue weighted by molar-refractivity contribution is 6.01. The number of carbonyl (C=O) groups excluding carboxylic acids is 1. The molecule has 1 aliphatic carbocycles. The molecule has 6 nitrogen and oxygen atoms in total. The van der Waals surface area contributed by atoms with Gasteiger partial charge in [-0.15, -0.1) is 0 Å². The van der Waals surface area contributed by atoms with Crippen molar-refractivity contribution in [3.8, 4) is 0 Å². The highest BCUT2D eigenvalue weighted by Crippen LogP contribution is 2.45. The van der Waals surface area contributed by atoms with Gasteiger partial charge in [-0.2, -0.15) is 0 Å². The summed E-state index contributed by atoms with van der Waals surface area (Å²) in [6, 6.07) is 9.11. The summed E-state index contributed by atoms with van der Waals surface area (Å²) >= 11 is 0. The fourth-order valence-electron chi connectivity index (χ4n) is 2.16. The van der Waals surface area contributed by atoms with Crippen LogP contribution in [0.25, 0.3) is 0 Å². The number of carbonyl (C=O) groups is 3. The largest absolute Gasteiger partial charge is 0.480 e. The van der Waals surface area contributed by atoms with Gasteiger partial charge in [-0.05, 0) is 18.4 Å². The first-order valence-corrected chi connectivity index (χ1v) is 6.31. The summed E-state index contributed by atoms with van der Waals surface area (Å²) < 4.78 is 5.01. The third kappa shape index (κ3) is 3.10. The Bertz CT molecular complexity index is 578. The minimum absolute atomic E-state index is 0.118. The molecule has 0 amide bonds. The second kappa shape index (κ2) is 5.78. The standard InChI is InChI=1S/C15H14O6/c16-12(21-9-10-4-2-1-3-5-10)6-11-7-15(8-11,13(17)18)14(19)20/h1-6H,7-9H2,(H,17,18)(H,19,20). The Morgan fingerprint density at radius 3 is 2.19 bits per heavy atom. The molecule has 0 aromatic heterocycles. The molecule has 2 rings (SSSR count). The summed E-state index contributed by atoms with van der Waals surface area (Å²) in [5.41, 5.74) is -0.493. The van der Waals surface area contributed by atoms with Crippen LogP contribution < -0.4 is 0 Å². The van der Waals surface area contributed by atoms with Gasteiger partial charge in [-0.3, -0.25) is 9.59 Å². The molecule has 0 spiro atoms. The van der Waals surface area contributed by atoms with Crippen LogP contribution in [0.1, 0.15) is 18.4 Å². The van der Waals surface area contributed by atoms with E-state index in [1.807, 2.05) is 30.3 Å². The van der Waals surface area contributed by atoms with Crippen molar-refractivity contribution < 1.29 is 29.3 Å². The Balaban J connectivity index is 1.89. The van der Waals surface area contributed by atoms with Crippen LogP contribution in [0.15, 0.2) is 42.0 Å². The van der Waals surface area contributed by atoms with Gasteiger partial charge in [0.1, 0.15) is 6.61 Å². The molecular formula is C15H14O6. The zero-order valence-corrected chi connectivity index (χ0v) is 11.1. The first-order valence-electron chi connectivity index (χ1n) is 6.31. The molecule has 110 valence electrons. The molecule has 0 bridgehead atoms. The minimum atomic E-state index is -1.80. The van der Waals surface area contributed by atoms with Crippen LogP contribution in [0.5, 0.6) is 0 Å². The van der Waals surface area contributed by atoms with E-state index in [1.165, 1.54) is 6.08 Å². The minimum Gasteiger partial charge on any atom is -0.480 e. The van der Waals surface area contributed by atoms with Gasteiger partial charge in [-0.1, -0.05) is 35.9 Å². The van der Waals surface area contributed by atoms with Gasteiger partial charge in [-0.25, -0.2) is 4.79 Å². The molecule has 0 saturated heterocycles. The van der Waals surface area contributed by atoms with Crippen LogP contribution in [-0.2, 0) is 25.7 Å². The van der Waals surface area contributed by atoms with Crippen molar-refractivity contribution in [1.82, 2.24) is 0 Å². The Kier molecular flexibility index (Phi) is 4.07. The highest BCUT2D eigenvalue weighted by atomic mass is 16.5. The summed E-state index contributed by atoms with van der Waals surface area (Å²) in [5.74, 6) is -3.37. The summed E-state index contributed by atoms with van der Waals surface area (Å²) in [6.07, 6.45) is 0.837. The predicted molar refractivity (Wildman–Crippen MR) is 71.3 cm³/mol. The number of allylic oxidation sites excluding steroid dienone is 1. The number of esters is 1. The molecule has 1 fully saturated rings. The topological polar surface area (TPSA) is 101 Å². The van der Waals surface area contributed by atoms with E-state index in [-0.39, 0.29) is 19.4 Å². The van der Waals surface area contributed by atoms with Crippen LogP contribution in [0.3, 0.4) is 0 Å². The Hall–Kier alpha value is -2.63. The molecule has 6 heteroatoms. The van der Waals surface area contributed by atoms with Crippen molar-refractivity contribution in [1.29, 1.82) is 0 Å². The van der Waals surface area contributed by atoms with Crippen molar-refractivity contribution in [2.45, 2.75) is 19.4 Å². The van der Waals surface area contributed by atoms with Crippen molar-refractivity contribution in [2.75, 3.05) is 0 Å². The molecule has 0 radical (unpaired) electrons. The number of rotatable bonds is 5. The van der Waals surface area contributed by atoms with E-state index >= 15 is 0 Å². The lowest BCUT2D eigenvalue weighted by Gasteiger charge is -2.35. The normalized spacial score (nSPS) is 15.7. The first kappa shape index (κ1) is 14.8. The second-order valence-electron chi connectivity index (χ2n) is 4.94. The molecule has 0 heterocycles. The van der Waals surface area contributed by atoms with Gasteiger partial charge in [0.2, 0.25) is 0 Å². The van der Waals surface area contributed by atoms with Gasteiger partial charge < -0.3 is 14.9 Å². The molecule has 1 aromatic rings. The lowest BCUT2D eigenvalue weighted by Crippen LogP contribution is -2.46. The number of ether oxygens (including phenoxy) is 1. The molecular weight excluding hydrogens is 276 g/mol. The summed E-state index contributed by atoms with van der Waals surface area (Å²) in [6.45, 7) is 0.118. The molecule has 1 saturated carbocycles. The van der Waals surface area contributed by atoms with E-state index in [0.29, 0.717) is 5.57 Å². The van der Waals surface area contributed by atoms with Gasteiger partial charge >= 0.3 is 17.9 Å². The molecule has 0 atom stereocenters. The number of aliphatic carboxylic acids is 2. The lowest BCUT2D eigenvalue weighted by molar-refractivity contribution is -0.168. The van der Waals surface area contributed by atoms with Gasteiger partial charge in [0, 0.05) is 6.08 Å². The zero-order valence-electron chi connectivity index (χ0n) is 11.1. The third-order valence-corrected chi connectivity index (χ3v) is 3.42. The van der Waals surface area contributed by atoms with Crippen LogP contribution in [0.4, 0.5) is 0 Å². The number of hydrogen-bond acceptors (Lipinski definition) is 4. The van der Waals surface area contributed by atoms with Crippen molar-refractivity contribution in [2.24, 2.45) is 5.41 Å². The maximum Gasteiger partial charge on any atom is 0.331 e. The lowest BCUT2D eigenvalue weighted by atomic mass is 9.65. The van der Waals surface area contributed by atoms with Gasteiger partial charge in [0.15, 0.2) is 5.41 Å². The van der Waals surface area contributed by atoms with E-state index in [4.69, 9.17) is 14.9 Å². The van der Waals surface area contributed by atoms with E-state index in [2.05, 4.69) is 0 Å². The predicted octanol–water partition coefficient (Wildman–Crippen LogP) is 1.61. The first-order chi connectivity index (χ1) is 9.94. The molecule has 1 aliphatic rings. The number of benzene rings is 1. The Morgan fingerprint density at radius 2 is 1.67 bits per heavy atom. The monoisotopic (exact) mass is 290 g/mol. The van der Waals surface area contributed by atoms with Gasteiger partial charge in [0.25, 0.3) is 0 Å². The van der Waals surface area contributed by atoms with E-state index in [9.17, 15) is 14.4 Å². The van der Waals surface area contributed by atoms with Crippen LogP contribution in [0, 0.1) is 5.41 Å². The summed E-state index contributed by atoms with van der Waals surface area (Å²) in [7, 11) is 0. The number of carboxylic acid groups (broad SMARTS) is 2.